The van der Waals surface area contributed by atoms with Gasteiger partial charge in [0.1, 0.15) is 0 Å². The van der Waals surface area contributed by atoms with Gasteiger partial charge in [-0.3, -0.25) is 4.79 Å². The molecule has 1 saturated heterocycles. The van der Waals surface area contributed by atoms with Gasteiger partial charge in [-0.15, -0.1) is 0 Å². The second-order valence-electron chi connectivity index (χ2n) is 5.02. The van der Waals surface area contributed by atoms with E-state index in [4.69, 9.17) is 0 Å². The number of carbonyl (C=O) groups is 1. The number of nitrogens with zero attached hydrogens (tertiary/aromatic N) is 1. The van der Waals surface area contributed by atoms with E-state index in [0.717, 1.165) is 25.1 Å². The quantitative estimate of drug-likeness (QED) is 0.818. The van der Waals surface area contributed by atoms with Gasteiger partial charge in [0.2, 0.25) is 5.91 Å². The van der Waals surface area contributed by atoms with Crippen molar-refractivity contribution >= 4 is 17.7 Å². The van der Waals surface area contributed by atoms with Crippen LogP contribution in [0.2, 0.25) is 0 Å². The molecule has 4 heteroatoms. The monoisotopic (exact) mass is 258 g/mol. The maximum atomic E-state index is 12.4. The highest BCUT2D eigenvalue weighted by molar-refractivity contribution is 7.98. The minimum atomic E-state index is 0.0321. The lowest BCUT2D eigenvalue weighted by Gasteiger charge is -2.35. The first-order chi connectivity index (χ1) is 8.11. The third-order valence-electron chi connectivity index (χ3n) is 3.76. The van der Waals surface area contributed by atoms with Gasteiger partial charge < -0.3 is 10.2 Å². The molecule has 1 heterocycles. The summed E-state index contributed by atoms with van der Waals surface area (Å²) in [6, 6.07) is 0.401. The van der Waals surface area contributed by atoms with Crippen molar-refractivity contribution in [1.29, 1.82) is 0 Å². The smallest absolute Gasteiger partial charge is 0.239 e. The molecule has 0 saturated carbocycles. The van der Waals surface area contributed by atoms with Gasteiger partial charge >= 0.3 is 0 Å². The second-order valence-corrected chi connectivity index (χ2v) is 5.93. The fourth-order valence-electron chi connectivity index (χ4n) is 2.48. The van der Waals surface area contributed by atoms with Crippen LogP contribution in [0.25, 0.3) is 0 Å². The van der Waals surface area contributed by atoms with Gasteiger partial charge in [-0.05, 0) is 38.0 Å². The summed E-state index contributed by atoms with van der Waals surface area (Å²) in [4.78, 5) is 14.4. The van der Waals surface area contributed by atoms with Gasteiger partial charge in [0.15, 0.2) is 0 Å². The molecule has 0 spiro atoms. The summed E-state index contributed by atoms with van der Waals surface area (Å²) >= 11 is 1.81. The van der Waals surface area contributed by atoms with Crippen molar-refractivity contribution in [1.82, 2.24) is 10.2 Å². The zero-order chi connectivity index (χ0) is 12.8. The minimum absolute atomic E-state index is 0.0321. The molecule has 1 aliphatic heterocycles. The largest absolute Gasteiger partial charge is 0.341 e. The van der Waals surface area contributed by atoms with Crippen LogP contribution in [0.1, 0.15) is 33.1 Å². The summed E-state index contributed by atoms with van der Waals surface area (Å²) in [6.45, 7) is 5.31. The van der Waals surface area contributed by atoms with E-state index in [2.05, 4.69) is 25.4 Å². The number of hydrogen-bond acceptors (Lipinski definition) is 3. The van der Waals surface area contributed by atoms with Gasteiger partial charge in [0.05, 0.1) is 6.04 Å². The molecule has 1 amide bonds. The van der Waals surface area contributed by atoms with E-state index < -0.39 is 0 Å². The Balaban J connectivity index is 2.60. The SMILES string of the molecule is CCC(CSC)N(C)C(=O)C1NCCCC1C. The van der Waals surface area contributed by atoms with E-state index in [1.807, 2.05) is 23.7 Å². The molecular formula is C13H26N2OS. The van der Waals surface area contributed by atoms with E-state index in [1.165, 1.54) is 6.42 Å². The Kier molecular flexibility index (Phi) is 6.34. The average molecular weight is 258 g/mol. The molecule has 17 heavy (non-hydrogen) atoms. The first-order valence-corrected chi connectivity index (χ1v) is 8.00. The van der Waals surface area contributed by atoms with Gasteiger partial charge in [0, 0.05) is 18.8 Å². The lowest BCUT2D eigenvalue weighted by molar-refractivity contribution is -0.135. The van der Waals surface area contributed by atoms with E-state index in [9.17, 15) is 4.79 Å². The lowest BCUT2D eigenvalue weighted by Crippen LogP contribution is -2.53. The number of amides is 1. The van der Waals surface area contributed by atoms with Crippen LogP contribution in [0.15, 0.2) is 0 Å². The van der Waals surface area contributed by atoms with Crippen molar-refractivity contribution in [2.75, 3.05) is 25.6 Å². The predicted molar refractivity (Wildman–Crippen MR) is 75.4 cm³/mol. The van der Waals surface area contributed by atoms with Crippen LogP contribution >= 0.6 is 11.8 Å². The van der Waals surface area contributed by atoms with E-state index >= 15 is 0 Å². The zero-order valence-electron chi connectivity index (χ0n) is 11.5. The number of nitrogens with one attached hydrogen (secondary N) is 1. The number of rotatable bonds is 5. The Morgan fingerprint density at radius 2 is 2.29 bits per heavy atom. The Morgan fingerprint density at radius 1 is 1.59 bits per heavy atom. The average Bonchev–Trinajstić information content (AvgIpc) is 2.35. The van der Waals surface area contributed by atoms with E-state index in [1.54, 1.807) is 0 Å². The van der Waals surface area contributed by atoms with Gasteiger partial charge in [0.25, 0.3) is 0 Å². The Labute approximate surface area is 110 Å². The van der Waals surface area contributed by atoms with Gasteiger partial charge in [-0.25, -0.2) is 0 Å². The zero-order valence-corrected chi connectivity index (χ0v) is 12.3. The van der Waals surface area contributed by atoms with Crippen LogP contribution in [-0.2, 0) is 4.79 Å². The highest BCUT2D eigenvalue weighted by Gasteiger charge is 2.31. The van der Waals surface area contributed by atoms with Gasteiger partial charge in [-0.1, -0.05) is 13.8 Å². The summed E-state index contributed by atoms with van der Waals surface area (Å²) in [7, 11) is 1.95. The van der Waals surface area contributed by atoms with Crippen LogP contribution in [0.4, 0.5) is 0 Å². The number of piperidine rings is 1. The van der Waals surface area contributed by atoms with Crippen LogP contribution in [0.5, 0.6) is 0 Å². The normalized spacial score (nSPS) is 26.6. The standard InChI is InChI=1S/C13H26N2OS/c1-5-11(9-17-4)15(3)13(16)12-10(2)7-6-8-14-12/h10-12,14H,5-9H2,1-4H3. The van der Waals surface area contributed by atoms with Crippen molar-refractivity contribution in [2.24, 2.45) is 5.92 Å². The first kappa shape index (κ1) is 14.8. The Hall–Kier alpha value is -0.220. The molecule has 1 rings (SSSR count). The molecule has 1 fully saturated rings. The molecule has 0 bridgehead atoms. The molecule has 1 aliphatic rings. The molecule has 3 atom stereocenters. The molecule has 3 unspecified atom stereocenters. The molecule has 0 radical (unpaired) electrons. The van der Waals surface area contributed by atoms with Crippen molar-refractivity contribution in [2.45, 2.75) is 45.2 Å². The molecule has 0 aromatic carbocycles. The summed E-state index contributed by atoms with van der Waals surface area (Å²) in [5.74, 6) is 1.77. The van der Waals surface area contributed by atoms with Crippen molar-refractivity contribution in [3.63, 3.8) is 0 Å². The molecule has 3 nitrogen and oxygen atoms in total. The third-order valence-corrected chi connectivity index (χ3v) is 4.48. The summed E-state index contributed by atoms with van der Waals surface area (Å²) in [5.41, 5.74) is 0. The number of hydrogen-bond donors (Lipinski definition) is 1. The number of likely N-dealkylation sites (N-methyl/N-ethyl adjacent to an activating group) is 1. The number of thioether (sulfide) groups is 1. The third kappa shape index (κ3) is 3.88. The van der Waals surface area contributed by atoms with Crippen molar-refractivity contribution in [3.8, 4) is 0 Å². The molecule has 100 valence electrons. The second kappa shape index (κ2) is 7.27. The summed E-state index contributed by atoms with van der Waals surface area (Å²) in [6.07, 6.45) is 5.49. The fraction of sp³-hybridized carbons (Fsp3) is 0.923. The van der Waals surface area contributed by atoms with E-state index in [-0.39, 0.29) is 11.9 Å². The molecule has 1 N–H and O–H groups in total. The van der Waals surface area contributed by atoms with Crippen LogP contribution < -0.4 is 5.32 Å². The Morgan fingerprint density at radius 3 is 2.82 bits per heavy atom. The van der Waals surface area contributed by atoms with Crippen molar-refractivity contribution in [3.05, 3.63) is 0 Å². The topological polar surface area (TPSA) is 32.3 Å². The molecular weight excluding hydrogens is 232 g/mol. The summed E-state index contributed by atoms with van der Waals surface area (Å²) < 4.78 is 0. The van der Waals surface area contributed by atoms with Crippen LogP contribution in [0, 0.1) is 5.92 Å². The Bertz CT molecular complexity index is 248. The van der Waals surface area contributed by atoms with Crippen LogP contribution in [0.3, 0.4) is 0 Å². The maximum Gasteiger partial charge on any atom is 0.239 e. The highest BCUT2D eigenvalue weighted by Crippen LogP contribution is 2.19. The molecule has 0 aliphatic carbocycles. The molecule has 0 aromatic heterocycles. The number of carbonyl (C=O) groups excluding carboxylic acids is 1. The van der Waals surface area contributed by atoms with E-state index in [0.29, 0.717) is 12.0 Å². The lowest BCUT2D eigenvalue weighted by atomic mass is 9.91. The highest BCUT2D eigenvalue weighted by atomic mass is 32.2. The van der Waals surface area contributed by atoms with Crippen LogP contribution in [-0.4, -0.2) is 48.5 Å². The summed E-state index contributed by atoms with van der Waals surface area (Å²) in [5, 5.41) is 3.37. The van der Waals surface area contributed by atoms with Gasteiger partial charge in [-0.2, -0.15) is 11.8 Å². The minimum Gasteiger partial charge on any atom is -0.341 e. The predicted octanol–water partition coefficient (Wildman–Crippen LogP) is 1.97. The maximum absolute atomic E-state index is 12.4. The van der Waals surface area contributed by atoms with Crippen molar-refractivity contribution < 1.29 is 4.79 Å². The fourth-order valence-corrected chi connectivity index (χ4v) is 3.32. The molecule has 0 aromatic rings. The first-order valence-electron chi connectivity index (χ1n) is 6.60.